The van der Waals surface area contributed by atoms with E-state index in [9.17, 15) is 9.59 Å². The molecule has 136 valence electrons. The van der Waals surface area contributed by atoms with E-state index >= 15 is 0 Å². The molecule has 4 aromatic rings. The van der Waals surface area contributed by atoms with Gasteiger partial charge in [0.15, 0.2) is 0 Å². The van der Waals surface area contributed by atoms with Gasteiger partial charge in [-0.05, 0) is 46.2 Å². The summed E-state index contributed by atoms with van der Waals surface area (Å²) in [5.74, 6) is -0.877. The molecule has 4 aromatic carbocycles. The highest BCUT2D eigenvalue weighted by molar-refractivity contribution is 6.11. The van der Waals surface area contributed by atoms with Crippen molar-refractivity contribution in [3.05, 3.63) is 102 Å². The van der Waals surface area contributed by atoms with E-state index in [0.29, 0.717) is 11.3 Å². The number of hydrogen-bond donors (Lipinski definition) is 2. The smallest absolute Gasteiger partial charge is 0.255 e. The summed E-state index contributed by atoms with van der Waals surface area (Å²) < 4.78 is 0. The molecule has 4 heteroatoms. The van der Waals surface area contributed by atoms with Gasteiger partial charge in [-0.1, -0.05) is 66.7 Å². The first kappa shape index (κ1) is 17.5. The SMILES string of the molecule is NC(=O)c1cc2ccccc2cc1NC(=O)c1ccc(-c2ccccc2)cc1. The molecular weight excluding hydrogens is 348 g/mol. The van der Waals surface area contributed by atoms with Crippen LogP contribution in [0.5, 0.6) is 0 Å². The maximum absolute atomic E-state index is 12.7. The summed E-state index contributed by atoms with van der Waals surface area (Å²) in [7, 11) is 0. The number of rotatable bonds is 4. The summed E-state index contributed by atoms with van der Waals surface area (Å²) in [6.45, 7) is 0. The van der Waals surface area contributed by atoms with Crippen molar-refractivity contribution in [3.63, 3.8) is 0 Å². The molecule has 28 heavy (non-hydrogen) atoms. The highest BCUT2D eigenvalue weighted by Crippen LogP contribution is 2.25. The van der Waals surface area contributed by atoms with Crippen molar-refractivity contribution in [3.8, 4) is 11.1 Å². The Morgan fingerprint density at radius 1 is 0.679 bits per heavy atom. The zero-order valence-electron chi connectivity index (χ0n) is 15.1. The molecule has 0 atom stereocenters. The maximum atomic E-state index is 12.7. The van der Waals surface area contributed by atoms with Gasteiger partial charge in [0.1, 0.15) is 0 Å². The third kappa shape index (κ3) is 3.48. The van der Waals surface area contributed by atoms with E-state index in [0.717, 1.165) is 21.9 Å². The summed E-state index contributed by atoms with van der Waals surface area (Å²) in [5.41, 5.74) is 8.82. The summed E-state index contributed by atoms with van der Waals surface area (Å²) in [6, 6.07) is 28.4. The van der Waals surface area contributed by atoms with E-state index in [1.54, 1.807) is 24.3 Å². The first-order valence-electron chi connectivity index (χ1n) is 8.91. The lowest BCUT2D eigenvalue weighted by Gasteiger charge is -2.11. The van der Waals surface area contributed by atoms with Crippen LogP contribution >= 0.6 is 0 Å². The van der Waals surface area contributed by atoms with E-state index in [1.165, 1.54) is 0 Å². The summed E-state index contributed by atoms with van der Waals surface area (Å²) in [5, 5.41) is 4.63. The number of nitrogens with two attached hydrogens (primary N) is 1. The van der Waals surface area contributed by atoms with Crippen LogP contribution in [0.2, 0.25) is 0 Å². The van der Waals surface area contributed by atoms with Crippen molar-refractivity contribution in [2.45, 2.75) is 0 Å². The number of carbonyl (C=O) groups excluding carboxylic acids is 2. The summed E-state index contributed by atoms with van der Waals surface area (Å²) in [4.78, 5) is 24.6. The van der Waals surface area contributed by atoms with Gasteiger partial charge < -0.3 is 11.1 Å². The van der Waals surface area contributed by atoms with Crippen molar-refractivity contribution in [2.75, 3.05) is 5.32 Å². The fraction of sp³-hybridized carbons (Fsp3) is 0. The van der Waals surface area contributed by atoms with Gasteiger partial charge in [-0.3, -0.25) is 9.59 Å². The molecule has 0 aliphatic heterocycles. The quantitative estimate of drug-likeness (QED) is 0.541. The maximum Gasteiger partial charge on any atom is 0.255 e. The minimum Gasteiger partial charge on any atom is -0.366 e. The number of nitrogens with one attached hydrogen (secondary N) is 1. The molecule has 4 rings (SSSR count). The molecule has 0 saturated carbocycles. The molecule has 2 amide bonds. The number of anilines is 1. The third-order valence-corrected chi connectivity index (χ3v) is 4.65. The van der Waals surface area contributed by atoms with Crippen LogP contribution in [-0.2, 0) is 0 Å². The van der Waals surface area contributed by atoms with Gasteiger partial charge in [0.2, 0.25) is 0 Å². The second kappa shape index (κ2) is 7.37. The molecule has 4 nitrogen and oxygen atoms in total. The lowest BCUT2D eigenvalue weighted by Crippen LogP contribution is -2.18. The van der Waals surface area contributed by atoms with Crippen molar-refractivity contribution >= 4 is 28.3 Å². The Bertz CT molecular complexity index is 1170. The normalized spacial score (nSPS) is 10.6. The van der Waals surface area contributed by atoms with Crippen molar-refractivity contribution in [1.29, 1.82) is 0 Å². The Morgan fingerprint density at radius 2 is 1.25 bits per heavy atom. The van der Waals surface area contributed by atoms with Crippen LogP contribution in [0.4, 0.5) is 5.69 Å². The zero-order valence-corrected chi connectivity index (χ0v) is 15.1. The molecule has 0 saturated heterocycles. The van der Waals surface area contributed by atoms with Crippen LogP contribution in [0.3, 0.4) is 0 Å². The van der Waals surface area contributed by atoms with E-state index in [2.05, 4.69) is 5.32 Å². The monoisotopic (exact) mass is 366 g/mol. The molecule has 0 radical (unpaired) electrons. The fourth-order valence-electron chi connectivity index (χ4n) is 3.19. The Labute approximate surface area is 162 Å². The summed E-state index contributed by atoms with van der Waals surface area (Å²) >= 11 is 0. The van der Waals surface area contributed by atoms with Gasteiger partial charge in [0.25, 0.3) is 11.8 Å². The first-order chi connectivity index (χ1) is 13.6. The number of amides is 2. The molecule has 0 aliphatic carbocycles. The number of hydrogen-bond acceptors (Lipinski definition) is 2. The molecule has 3 N–H and O–H groups in total. The number of fused-ring (bicyclic) bond motifs is 1. The van der Waals surface area contributed by atoms with E-state index in [4.69, 9.17) is 5.73 Å². The highest BCUT2D eigenvalue weighted by atomic mass is 16.2. The molecule has 0 bridgehead atoms. The predicted molar refractivity (Wildman–Crippen MR) is 112 cm³/mol. The highest BCUT2D eigenvalue weighted by Gasteiger charge is 2.14. The summed E-state index contributed by atoms with van der Waals surface area (Å²) in [6.07, 6.45) is 0. The zero-order chi connectivity index (χ0) is 19.5. The van der Waals surface area contributed by atoms with Crippen LogP contribution < -0.4 is 11.1 Å². The minimum atomic E-state index is -0.583. The van der Waals surface area contributed by atoms with Gasteiger partial charge in [0.05, 0.1) is 11.3 Å². The van der Waals surface area contributed by atoms with Gasteiger partial charge in [-0.2, -0.15) is 0 Å². The van der Waals surface area contributed by atoms with E-state index in [1.807, 2.05) is 66.7 Å². The molecule has 0 aromatic heterocycles. The van der Waals surface area contributed by atoms with Gasteiger partial charge >= 0.3 is 0 Å². The van der Waals surface area contributed by atoms with Crippen LogP contribution in [0, 0.1) is 0 Å². The standard InChI is InChI=1S/C24H18N2O2/c25-23(27)21-14-19-8-4-5-9-20(19)15-22(21)26-24(28)18-12-10-17(11-13-18)16-6-2-1-3-7-16/h1-15H,(H2,25,27)(H,26,28). The van der Waals surface area contributed by atoms with Crippen LogP contribution in [0.1, 0.15) is 20.7 Å². The number of primary amides is 1. The molecule has 0 aliphatic rings. The largest absolute Gasteiger partial charge is 0.366 e. The second-order valence-electron chi connectivity index (χ2n) is 6.51. The van der Waals surface area contributed by atoms with Gasteiger partial charge in [0, 0.05) is 5.56 Å². The minimum absolute atomic E-state index is 0.285. The van der Waals surface area contributed by atoms with Gasteiger partial charge in [-0.25, -0.2) is 0 Å². The second-order valence-corrected chi connectivity index (χ2v) is 6.51. The van der Waals surface area contributed by atoms with Gasteiger partial charge in [-0.15, -0.1) is 0 Å². The Hall–Kier alpha value is -3.92. The van der Waals surface area contributed by atoms with E-state index in [-0.39, 0.29) is 11.5 Å². The molecule has 0 heterocycles. The average Bonchev–Trinajstić information content (AvgIpc) is 2.74. The number of benzene rings is 4. The van der Waals surface area contributed by atoms with Crippen molar-refractivity contribution in [2.24, 2.45) is 5.73 Å². The number of carbonyl (C=O) groups is 2. The van der Waals surface area contributed by atoms with Crippen LogP contribution in [0.25, 0.3) is 21.9 Å². The van der Waals surface area contributed by atoms with Crippen LogP contribution in [-0.4, -0.2) is 11.8 Å². The predicted octanol–water partition coefficient (Wildman–Crippen LogP) is 4.86. The lowest BCUT2D eigenvalue weighted by atomic mass is 10.0. The lowest BCUT2D eigenvalue weighted by molar-refractivity contribution is 0.100. The third-order valence-electron chi connectivity index (χ3n) is 4.65. The van der Waals surface area contributed by atoms with Crippen molar-refractivity contribution < 1.29 is 9.59 Å². The Morgan fingerprint density at radius 3 is 1.89 bits per heavy atom. The Kier molecular flexibility index (Phi) is 4.60. The molecule has 0 unspecified atom stereocenters. The van der Waals surface area contributed by atoms with Crippen LogP contribution in [0.15, 0.2) is 91.0 Å². The molecule has 0 spiro atoms. The topological polar surface area (TPSA) is 72.2 Å². The van der Waals surface area contributed by atoms with Crippen molar-refractivity contribution in [1.82, 2.24) is 0 Å². The fourth-order valence-corrected chi connectivity index (χ4v) is 3.19. The Balaban J connectivity index is 1.63. The average molecular weight is 366 g/mol. The first-order valence-corrected chi connectivity index (χ1v) is 8.91. The molecular formula is C24H18N2O2. The van der Waals surface area contributed by atoms with E-state index < -0.39 is 5.91 Å². The molecule has 0 fully saturated rings.